The monoisotopic (exact) mass is 421 g/mol. The summed E-state index contributed by atoms with van der Waals surface area (Å²) in [6.45, 7) is -0.210. The maximum atomic E-state index is 13.8. The Hall–Kier alpha value is -3.16. The van der Waals surface area contributed by atoms with Gasteiger partial charge in [0.25, 0.3) is 0 Å². The van der Waals surface area contributed by atoms with Crippen molar-refractivity contribution in [3.63, 3.8) is 0 Å². The van der Waals surface area contributed by atoms with Gasteiger partial charge in [0.1, 0.15) is 11.9 Å². The summed E-state index contributed by atoms with van der Waals surface area (Å²) < 4.78 is 51.0. The van der Waals surface area contributed by atoms with E-state index >= 15 is 0 Å². The van der Waals surface area contributed by atoms with Crippen molar-refractivity contribution < 1.29 is 27.1 Å². The van der Waals surface area contributed by atoms with E-state index in [-0.39, 0.29) is 29.2 Å². The van der Waals surface area contributed by atoms with Gasteiger partial charge in [-0.05, 0) is 18.2 Å². The number of nitriles is 1. The normalized spacial score (nSPS) is 11.9. The number of halogens is 1. The Morgan fingerprint density at radius 3 is 2.48 bits per heavy atom. The van der Waals surface area contributed by atoms with Gasteiger partial charge < -0.3 is 14.8 Å². The van der Waals surface area contributed by atoms with Crippen LogP contribution in [0.2, 0.25) is 0 Å². The maximum Gasteiger partial charge on any atom is 0.240 e. The first kappa shape index (κ1) is 22.1. The van der Waals surface area contributed by atoms with Gasteiger partial charge in [-0.1, -0.05) is 18.2 Å². The highest BCUT2D eigenvalue weighted by Crippen LogP contribution is 2.29. The van der Waals surface area contributed by atoms with Crippen LogP contribution in [-0.4, -0.2) is 35.1 Å². The van der Waals surface area contributed by atoms with Crippen molar-refractivity contribution in [2.24, 2.45) is 0 Å². The minimum absolute atomic E-state index is 0.0364. The number of hydrogen-bond donors (Lipinski definition) is 2. The lowest BCUT2D eigenvalue weighted by Gasteiger charge is -2.13. The fourth-order valence-electron chi connectivity index (χ4n) is 2.49. The molecule has 0 aliphatic carbocycles. The third kappa shape index (κ3) is 5.66. The molecule has 1 amide bonds. The zero-order valence-electron chi connectivity index (χ0n) is 15.8. The smallest absolute Gasteiger partial charge is 0.240 e. The highest BCUT2D eigenvalue weighted by atomic mass is 32.2. The number of sulfonamides is 1. The molecule has 0 heterocycles. The summed E-state index contributed by atoms with van der Waals surface area (Å²) >= 11 is 0. The Morgan fingerprint density at radius 1 is 1.17 bits per heavy atom. The van der Waals surface area contributed by atoms with Gasteiger partial charge in [-0.25, -0.2) is 17.5 Å². The lowest BCUT2D eigenvalue weighted by molar-refractivity contribution is -0.121. The Labute approximate surface area is 168 Å². The van der Waals surface area contributed by atoms with Gasteiger partial charge in [-0.3, -0.25) is 4.79 Å². The van der Waals surface area contributed by atoms with Crippen LogP contribution in [0.25, 0.3) is 0 Å². The number of nitrogens with zero attached hydrogens (tertiary/aromatic N) is 1. The van der Waals surface area contributed by atoms with Crippen LogP contribution in [0, 0.1) is 17.1 Å². The maximum absolute atomic E-state index is 13.8. The van der Waals surface area contributed by atoms with E-state index in [1.165, 1.54) is 50.6 Å². The molecule has 1 unspecified atom stereocenters. The number of benzene rings is 2. The van der Waals surface area contributed by atoms with E-state index in [1.54, 1.807) is 6.07 Å². The summed E-state index contributed by atoms with van der Waals surface area (Å²) in [4.78, 5) is 12.0. The number of ether oxygens (including phenoxy) is 2. The summed E-state index contributed by atoms with van der Waals surface area (Å²) in [6.07, 6.45) is -0.237. The number of methoxy groups -OCH3 is 2. The molecule has 2 aromatic rings. The van der Waals surface area contributed by atoms with E-state index in [0.717, 1.165) is 0 Å². The fourth-order valence-corrected chi connectivity index (χ4v) is 3.53. The first-order valence-electron chi connectivity index (χ1n) is 8.47. The summed E-state index contributed by atoms with van der Waals surface area (Å²) in [6, 6.07) is 10.3. The van der Waals surface area contributed by atoms with Crippen molar-refractivity contribution in [3.05, 3.63) is 53.8 Å². The molecule has 0 aliphatic heterocycles. The molecule has 154 valence electrons. The molecule has 0 saturated heterocycles. The van der Waals surface area contributed by atoms with Crippen LogP contribution in [0.15, 0.2) is 47.4 Å². The van der Waals surface area contributed by atoms with Crippen LogP contribution in [0.3, 0.4) is 0 Å². The second-order valence-electron chi connectivity index (χ2n) is 5.82. The quantitative estimate of drug-likeness (QED) is 0.639. The van der Waals surface area contributed by atoms with Crippen molar-refractivity contribution in [2.75, 3.05) is 20.8 Å². The average molecular weight is 421 g/mol. The lowest BCUT2D eigenvalue weighted by Crippen LogP contribution is -2.32. The van der Waals surface area contributed by atoms with Gasteiger partial charge in [0.05, 0.1) is 25.2 Å². The number of rotatable bonds is 9. The molecule has 0 saturated carbocycles. The van der Waals surface area contributed by atoms with E-state index in [2.05, 4.69) is 10.0 Å². The standard InChI is InChI=1S/C19H20FN3O5S/c1-27-17-8-7-13(11-18(17)28-2)29(25,26)22-10-9-19(24)23-16(12-21)14-5-3-4-6-15(14)20/h3-8,11,16,22H,9-10H2,1-2H3,(H,23,24). The number of carbonyl (C=O) groups is 1. The molecule has 0 radical (unpaired) electrons. The zero-order chi connectivity index (χ0) is 21.4. The minimum atomic E-state index is -3.90. The summed E-state index contributed by atoms with van der Waals surface area (Å²) in [7, 11) is -1.09. The highest BCUT2D eigenvalue weighted by molar-refractivity contribution is 7.89. The van der Waals surface area contributed by atoms with E-state index < -0.39 is 27.8 Å². The van der Waals surface area contributed by atoms with Crippen molar-refractivity contribution in [3.8, 4) is 17.6 Å². The molecular formula is C19H20FN3O5S. The van der Waals surface area contributed by atoms with E-state index in [4.69, 9.17) is 9.47 Å². The molecule has 0 fully saturated rings. The van der Waals surface area contributed by atoms with Gasteiger partial charge in [-0.15, -0.1) is 0 Å². The predicted octanol–water partition coefficient (Wildman–Crippen LogP) is 1.89. The third-order valence-corrected chi connectivity index (χ3v) is 5.42. The molecule has 2 aromatic carbocycles. The highest BCUT2D eigenvalue weighted by Gasteiger charge is 2.19. The Balaban J connectivity index is 1.97. The topological polar surface area (TPSA) is 118 Å². The fraction of sp³-hybridized carbons (Fsp3) is 0.263. The van der Waals surface area contributed by atoms with Crippen LogP contribution >= 0.6 is 0 Å². The largest absolute Gasteiger partial charge is 0.493 e. The van der Waals surface area contributed by atoms with E-state index in [9.17, 15) is 22.9 Å². The molecule has 1 atom stereocenters. The molecule has 0 aromatic heterocycles. The van der Waals surface area contributed by atoms with E-state index in [0.29, 0.717) is 5.75 Å². The van der Waals surface area contributed by atoms with Crippen LogP contribution in [0.1, 0.15) is 18.0 Å². The first-order valence-corrected chi connectivity index (χ1v) is 9.95. The zero-order valence-corrected chi connectivity index (χ0v) is 16.6. The molecule has 8 nitrogen and oxygen atoms in total. The van der Waals surface area contributed by atoms with Crippen LogP contribution < -0.4 is 19.5 Å². The molecule has 0 aliphatic rings. The van der Waals surface area contributed by atoms with Gasteiger partial charge in [-0.2, -0.15) is 5.26 Å². The van der Waals surface area contributed by atoms with Crippen LogP contribution in [-0.2, 0) is 14.8 Å². The third-order valence-electron chi connectivity index (χ3n) is 3.96. The molecule has 0 spiro atoms. The second kappa shape index (κ2) is 9.86. The number of hydrogen-bond acceptors (Lipinski definition) is 6. The van der Waals surface area contributed by atoms with Crippen molar-refractivity contribution in [1.82, 2.24) is 10.0 Å². The molecule has 2 rings (SSSR count). The van der Waals surface area contributed by atoms with Crippen molar-refractivity contribution in [2.45, 2.75) is 17.4 Å². The summed E-state index contributed by atoms with van der Waals surface area (Å²) in [5.74, 6) is -0.597. The lowest BCUT2D eigenvalue weighted by atomic mass is 10.1. The molecule has 2 N–H and O–H groups in total. The van der Waals surface area contributed by atoms with Gasteiger partial charge >= 0.3 is 0 Å². The Kier molecular flexibility index (Phi) is 7.52. The number of amides is 1. The van der Waals surface area contributed by atoms with Gasteiger partial charge in [0.15, 0.2) is 11.5 Å². The number of nitrogens with one attached hydrogen (secondary N) is 2. The second-order valence-corrected chi connectivity index (χ2v) is 7.58. The molecule has 29 heavy (non-hydrogen) atoms. The van der Waals surface area contributed by atoms with Crippen LogP contribution in [0.5, 0.6) is 11.5 Å². The van der Waals surface area contributed by atoms with Gasteiger partial charge in [0.2, 0.25) is 15.9 Å². The first-order chi connectivity index (χ1) is 13.8. The Morgan fingerprint density at radius 2 is 1.86 bits per heavy atom. The van der Waals surface area contributed by atoms with Crippen molar-refractivity contribution >= 4 is 15.9 Å². The molecule has 10 heteroatoms. The predicted molar refractivity (Wildman–Crippen MR) is 102 cm³/mol. The van der Waals surface area contributed by atoms with Gasteiger partial charge in [0, 0.05) is 24.6 Å². The van der Waals surface area contributed by atoms with Crippen molar-refractivity contribution in [1.29, 1.82) is 5.26 Å². The summed E-state index contributed by atoms with van der Waals surface area (Å²) in [5, 5.41) is 11.6. The molecule has 0 bridgehead atoms. The minimum Gasteiger partial charge on any atom is -0.493 e. The van der Waals surface area contributed by atoms with E-state index in [1.807, 2.05) is 6.07 Å². The average Bonchev–Trinajstić information content (AvgIpc) is 2.71. The molecular weight excluding hydrogens is 401 g/mol. The summed E-state index contributed by atoms with van der Waals surface area (Å²) in [5.41, 5.74) is 0.0364. The number of carbonyl (C=O) groups excluding carboxylic acids is 1. The SMILES string of the molecule is COc1ccc(S(=O)(=O)NCCC(=O)NC(C#N)c2ccccc2F)cc1OC. The Bertz CT molecular complexity index is 1020. The van der Waals surface area contributed by atoms with Crippen LogP contribution in [0.4, 0.5) is 4.39 Å².